The number of aryl methyl sites for hydroxylation is 2. The maximum Gasteiger partial charge on any atom is 0.321 e. The van der Waals surface area contributed by atoms with E-state index in [1.54, 1.807) is 19.1 Å². The first kappa shape index (κ1) is 23.7. The second-order valence-corrected chi connectivity index (χ2v) is 10.5. The molecule has 3 rings (SSSR count). The number of benzene rings is 2. The summed E-state index contributed by atoms with van der Waals surface area (Å²) in [6, 6.07) is 10.2. The Balaban J connectivity index is 2.34. The van der Waals surface area contributed by atoms with E-state index >= 15 is 4.39 Å². The van der Waals surface area contributed by atoms with Gasteiger partial charge in [0, 0.05) is 22.4 Å². The van der Waals surface area contributed by atoms with Gasteiger partial charge in [-0.2, -0.15) is 0 Å². The number of hydrogen-bond donors (Lipinski definition) is 2. The standard InChI is InChI=1S/C26H33ClFNO2/c1-7-26(17-11-12-19(27)16(3)13-17)20(14-25(4,5)6)29-23(24(30)31)21(26)18-10-8-9-15(2)22(18)28/h8-13,20-21,23,29H,7,14H2,1-6H3,(H,30,31)/t20?,21-,23+,26-/m0/s1. The lowest BCUT2D eigenvalue weighted by Crippen LogP contribution is -2.44. The maximum atomic E-state index is 15.5. The zero-order valence-corrected chi connectivity index (χ0v) is 20.0. The van der Waals surface area contributed by atoms with E-state index in [1.165, 1.54) is 0 Å². The molecule has 1 saturated heterocycles. The zero-order valence-electron chi connectivity index (χ0n) is 19.2. The lowest BCUT2D eigenvalue weighted by Gasteiger charge is -2.42. The molecule has 0 aliphatic carbocycles. The molecule has 3 nitrogen and oxygen atoms in total. The number of hydrogen-bond acceptors (Lipinski definition) is 2. The van der Waals surface area contributed by atoms with Crippen LogP contribution < -0.4 is 5.32 Å². The van der Waals surface area contributed by atoms with Crippen molar-refractivity contribution in [2.75, 3.05) is 0 Å². The van der Waals surface area contributed by atoms with E-state index in [0.29, 0.717) is 22.6 Å². The molecule has 0 amide bonds. The third-order valence-electron chi connectivity index (χ3n) is 6.81. The number of aliphatic carboxylic acids is 1. The normalized spacial score (nSPS) is 26.3. The Morgan fingerprint density at radius 3 is 2.42 bits per heavy atom. The van der Waals surface area contributed by atoms with Crippen LogP contribution in [0.3, 0.4) is 0 Å². The Morgan fingerprint density at radius 2 is 1.87 bits per heavy atom. The highest BCUT2D eigenvalue weighted by Gasteiger charge is 2.58. The molecular formula is C26H33ClFNO2. The van der Waals surface area contributed by atoms with Crippen LogP contribution in [0.25, 0.3) is 0 Å². The van der Waals surface area contributed by atoms with E-state index in [0.717, 1.165) is 17.5 Å². The first-order valence-electron chi connectivity index (χ1n) is 10.9. The number of nitrogens with one attached hydrogen (secondary N) is 1. The summed E-state index contributed by atoms with van der Waals surface area (Å²) < 4.78 is 15.5. The highest BCUT2D eigenvalue weighted by atomic mass is 35.5. The van der Waals surface area contributed by atoms with Crippen LogP contribution in [-0.4, -0.2) is 23.2 Å². The molecule has 0 spiro atoms. The van der Waals surface area contributed by atoms with Crippen molar-refractivity contribution in [2.45, 2.75) is 77.8 Å². The van der Waals surface area contributed by atoms with Gasteiger partial charge < -0.3 is 10.4 Å². The van der Waals surface area contributed by atoms with Gasteiger partial charge >= 0.3 is 5.97 Å². The van der Waals surface area contributed by atoms with Crippen molar-refractivity contribution in [3.63, 3.8) is 0 Å². The van der Waals surface area contributed by atoms with Gasteiger partial charge in [0.2, 0.25) is 0 Å². The van der Waals surface area contributed by atoms with Crippen molar-refractivity contribution in [2.24, 2.45) is 5.41 Å². The van der Waals surface area contributed by atoms with E-state index in [9.17, 15) is 9.90 Å². The summed E-state index contributed by atoms with van der Waals surface area (Å²) in [6.45, 7) is 12.2. The van der Waals surface area contributed by atoms with Gasteiger partial charge in [0.25, 0.3) is 0 Å². The molecule has 5 heteroatoms. The third kappa shape index (κ3) is 4.25. The van der Waals surface area contributed by atoms with E-state index in [1.807, 2.05) is 31.2 Å². The summed E-state index contributed by atoms with van der Waals surface area (Å²) in [5.74, 6) is -1.82. The first-order valence-corrected chi connectivity index (χ1v) is 11.3. The summed E-state index contributed by atoms with van der Waals surface area (Å²) in [6.07, 6.45) is 1.43. The highest BCUT2D eigenvalue weighted by molar-refractivity contribution is 6.31. The van der Waals surface area contributed by atoms with Crippen LogP contribution in [0.2, 0.25) is 5.02 Å². The van der Waals surface area contributed by atoms with Crippen molar-refractivity contribution >= 4 is 17.6 Å². The number of rotatable bonds is 5. The molecule has 0 radical (unpaired) electrons. The van der Waals surface area contributed by atoms with Gasteiger partial charge in [0.15, 0.2) is 0 Å². The highest BCUT2D eigenvalue weighted by Crippen LogP contribution is 2.54. The predicted molar refractivity (Wildman–Crippen MR) is 124 cm³/mol. The third-order valence-corrected chi connectivity index (χ3v) is 7.23. The monoisotopic (exact) mass is 445 g/mol. The minimum atomic E-state index is -0.953. The molecule has 1 aliphatic rings. The molecule has 168 valence electrons. The van der Waals surface area contributed by atoms with Crippen LogP contribution in [0.15, 0.2) is 36.4 Å². The molecule has 31 heavy (non-hydrogen) atoms. The second-order valence-electron chi connectivity index (χ2n) is 10.1. The number of carbonyl (C=O) groups is 1. The van der Waals surface area contributed by atoms with Gasteiger partial charge in [-0.25, -0.2) is 4.39 Å². The molecule has 1 fully saturated rings. The molecule has 1 heterocycles. The van der Waals surface area contributed by atoms with Crippen LogP contribution in [0, 0.1) is 25.1 Å². The van der Waals surface area contributed by atoms with Gasteiger partial charge in [-0.15, -0.1) is 0 Å². The average Bonchev–Trinajstić information content (AvgIpc) is 2.99. The summed E-state index contributed by atoms with van der Waals surface area (Å²) in [7, 11) is 0. The summed E-state index contributed by atoms with van der Waals surface area (Å²) >= 11 is 6.33. The van der Waals surface area contributed by atoms with Crippen molar-refractivity contribution < 1.29 is 14.3 Å². The van der Waals surface area contributed by atoms with Crippen LogP contribution in [0.1, 0.15) is 68.7 Å². The molecule has 4 atom stereocenters. The number of carboxylic acids is 1. The number of halogens is 2. The Bertz CT molecular complexity index is 984. The smallest absolute Gasteiger partial charge is 0.321 e. The van der Waals surface area contributed by atoms with Crippen LogP contribution in [0.5, 0.6) is 0 Å². The van der Waals surface area contributed by atoms with Crippen LogP contribution >= 0.6 is 11.6 Å². The summed E-state index contributed by atoms with van der Waals surface area (Å²) in [5, 5.41) is 14.3. The second kappa shape index (κ2) is 8.55. The molecule has 2 aromatic carbocycles. The Labute approximate surface area is 190 Å². The van der Waals surface area contributed by atoms with Crippen molar-refractivity contribution in [1.29, 1.82) is 0 Å². The molecule has 1 unspecified atom stereocenters. The van der Waals surface area contributed by atoms with Gasteiger partial charge in [-0.05, 0) is 60.4 Å². The summed E-state index contributed by atoms with van der Waals surface area (Å²) in [5.41, 5.74) is 2.30. The van der Waals surface area contributed by atoms with Crippen molar-refractivity contribution in [1.82, 2.24) is 5.32 Å². The Kier molecular flexibility index (Phi) is 6.55. The Morgan fingerprint density at radius 1 is 1.19 bits per heavy atom. The fourth-order valence-electron chi connectivity index (χ4n) is 5.40. The van der Waals surface area contributed by atoms with Gasteiger partial charge in [0.05, 0.1) is 0 Å². The molecule has 2 N–H and O–H groups in total. The minimum Gasteiger partial charge on any atom is -0.480 e. The SMILES string of the molecule is CC[C@]1(c2ccc(Cl)c(C)c2)C(CC(C)(C)C)N[C@@H](C(=O)O)[C@@H]1c1cccc(C)c1F. The molecule has 1 aliphatic heterocycles. The largest absolute Gasteiger partial charge is 0.480 e. The lowest BCUT2D eigenvalue weighted by atomic mass is 9.60. The molecular weight excluding hydrogens is 413 g/mol. The first-order chi connectivity index (χ1) is 14.4. The summed E-state index contributed by atoms with van der Waals surface area (Å²) in [4.78, 5) is 12.4. The van der Waals surface area contributed by atoms with E-state index in [4.69, 9.17) is 11.6 Å². The zero-order chi connectivity index (χ0) is 23.1. The Hall–Kier alpha value is -1.91. The fraction of sp³-hybridized carbons (Fsp3) is 0.500. The quantitative estimate of drug-likeness (QED) is 0.560. The minimum absolute atomic E-state index is 0.0390. The lowest BCUT2D eigenvalue weighted by molar-refractivity contribution is -0.139. The van der Waals surface area contributed by atoms with E-state index < -0.39 is 23.3 Å². The van der Waals surface area contributed by atoms with Crippen molar-refractivity contribution in [3.8, 4) is 0 Å². The van der Waals surface area contributed by atoms with Gasteiger partial charge in [0.1, 0.15) is 11.9 Å². The van der Waals surface area contributed by atoms with E-state index in [2.05, 4.69) is 33.0 Å². The van der Waals surface area contributed by atoms with Crippen LogP contribution in [-0.2, 0) is 10.2 Å². The topological polar surface area (TPSA) is 49.3 Å². The van der Waals surface area contributed by atoms with Crippen molar-refractivity contribution in [3.05, 3.63) is 69.5 Å². The number of carboxylic acid groups (broad SMARTS) is 1. The fourth-order valence-corrected chi connectivity index (χ4v) is 5.51. The molecule has 2 aromatic rings. The molecule has 0 bridgehead atoms. The molecule has 0 saturated carbocycles. The van der Waals surface area contributed by atoms with Gasteiger partial charge in [-0.1, -0.05) is 69.6 Å². The van der Waals surface area contributed by atoms with Crippen LogP contribution in [0.4, 0.5) is 4.39 Å². The average molecular weight is 446 g/mol. The van der Waals surface area contributed by atoms with E-state index in [-0.39, 0.29) is 17.3 Å². The molecule has 0 aromatic heterocycles. The maximum absolute atomic E-state index is 15.5. The predicted octanol–water partition coefficient (Wildman–Crippen LogP) is 6.39. The van der Waals surface area contributed by atoms with Gasteiger partial charge in [-0.3, -0.25) is 4.79 Å².